The van der Waals surface area contributed by atoms with Crippen molar-refractivity contribution in [2.24, 2.45) is 5.92 Å². The number of hydrogen-bond acceptors (Lipinski definition) is 6. The topological polar surface area (TPSA) is 141 Å². The molecule has 0 bridgehead atoms. The van der Waals surface area contributed by atoms with E-state index in [1.807, 2.05) is 0 Å². The molecular weight excluding hydrogens is 308 g/mol. The molecule has 8 heteroatoms. The summed E-state index contributed by atoms with van der Waals surface area (Å²) in [6, 6.07) is 0. The van der Waals surface area contributed by atoms with Crippen LogP contribution in [0.5, 0.6) is 0 Å². The lowest BCUT2D eigenvalue weighted by Crippen LogP contribution is -2.52. The molecule has 4 N–H and O–H groups in total. The molecule has 0 aromatic rings. The summed E-state index contributed by atoms with van der Waals surface area (Å²) in [7, 11) is 0. The van der Waals surface area contributed by atoms with Crippen LogP contribution in [0.3, 0.4) is 0 Å². The van der Waals surface area contributed by atoms with Crippen LogP contribution < -0.4 is 0 Å². The van der Waals surface area contributed by atoms with Crippen LogP contribution in [0, 0.1) is 5.92 Å². The number of ether oxygens (including phenoxy) is 1. The zero-order chi connectivity index (χ0) is 17.6. The Hall–Kier alpha value is -2.45. The first kappa shape index (κ1) is 18.6. The zero-order valence-corrected chi connectivity index (χ0v) is 12.3. The van der Waals surface area contributed by atoms with Gasteiger partial charge in [0.1, 0.15) is 5.92 Å². The average molecular weight is 326 g/mol. The van der Waals surface area contributed by atoms with Crippen molar-refractivity contribution in [2.75, 3.05) is 13.2 Å². The van der Waals surface area contributed by atoms with Crippen molar-refractivity contribution in [2.45, 2.75) is 18.4 Å². The van der Waals surface area contributed by atoms with Crippen molar-refractivity contribution >= 4 is 17.9 Å². The molecule has 0 radical (unpaired) electrons. The van der Waals surface area contributed by atoms with E-state index in [4.69, 9.17) is 14.9 Å². The normalized spacial score (nSPS) is 23.5. The minimum absolute atomic E-state index is 0.0628. The van der Waals surface area contributed by atoms with Crippen molar-refractivity contribution in [3.63, 3.8) is 0 Å². The maximum Gasteiger partial charge on any atom is 0.341 e. The van der Waals surface area contributed by atoms with Gasteiger partial charge in [0.05, 0.1) is 6.61 Å². The molecule has 0 heterocycles. The minimum atomic E-state index is -2.67. The van der Waals surface area contributed by atoms with Gasteiger partial charge in [-0.1, -0.05) is 18.7 Å². The first-order valence-electron chi connectivity index (χ1n) is 6.78. The summed E-state index contributed by atoms with van der Waals surface area (Å²) in [5.74, 6) is -5.57. The van der Waals surface area contributed by atoms with Crippen LogP contribution >= 0.6 is 0 Å². The van der Waals surface area contributed by atoms with E-state index in [0.29, 0.717) is 5.57 Å². The molecule has 0 aromatic carbocycles. The molecular formula is C15H18O8. The average Bonchev–Trinajstić information content (AvgIpc) is 2.49. The summed E-state index contributed by atoms with van der Waals surface area (Å²) < 4.78 is 4.79. The number of aliphatic hydroxyl groups excluding tert-OH is 1. The largest absolute Gasteiger partial charge is 0.481 e. The molecule has 2 atom stereocenters. The Bertz CT molecular complexity index is 574. The lowest BCUT2D eigenvalue weighted by atomic mass is 9.73. The quantitative estimate of drug-likeness (QED) is 0.357. The molecule has 0 saturated carbocycles. The van der Waals surface area contributed by atoms with Crippen LogP contribution in [-0.4, -0.2) is 57.1 Å². The van der Waals surface area contributed by atoms with Crippen LogP contribution in [0.1, 0.15) is 12.8 Å². The third-order valence-corrected chi connectivity index (χ3v) is 3.52. The molecule has 0 saturated heterocycles. The third kappa shape index (κ3) is 3.85. The Morgan fingerprint density at radius 2 is 1.96 bits per heavy atom. The summed E-state index contributed by atoms with van der Waals surface area (Å²) >= 11 is 0. The summed E-state index contributed by atoms with van der Waals surface area (Å²) in [4.78, 5) is 33.7. The number of carboxylic acids is 2. The van der Waals surface area contributed by atoms with E-state index in [9.17, 15) is 24.6 Å². The van der Waals surface area contributed by atoms with E-state index in [0.717, 1.165) is 12.2 Å². The Morgan fingerprint density at radius 1 is 1.30 bits per heavy atom. The number of carboxylic acid groups (broad SMARTS) is 2. The Morgan fingerprint density at radius 3 is 2.43 bits per heavy atom. The highest BCUT2D eigenvalue weighted by molar-refractivity contribution is 5.91. The minimum Gasteiger partial charge on any atom is -0.481 e. The monoisotopic (exact) mass is 326 g/mol. The van der Waals surface area contributed by atoms with E-state index in [2.05, 4.69) is 6.58 Å². The van der Waals surface area contributed by atoms with Gasteiger partial charge in [-0.25, -0.2) is 9.59 Å². The Labute approximate surface area is 132 Å². The number of allylic oxidation sites excluding steroid dienone is 1. The van der Waals surface area contributed by atoms with Gasteiger partial charge in [0.2, 0.25) is 5.60 Å². The predicted octanol–water partition coefficient (Wildman–Crippen LogP) is -0.129. The molecule has 1 aliphatic carbocycles. The summed E-state index contributed by atoms with van der Waals surface area (Å²) in [5.41, 5.74) is -2.48. The molecule has 0 fully saturated rings. The Balaban J connectivity index is 3.17. The van der Waals surface area contributed by atoms with Gasteiger partial charge in [-0.15, -0.1) is 0 Å². The molecule has 0 amide bonds. The highest BCUT2D eigenvalue weighted by Gasteiger charge is 2.52. The van der Waals surface area contributed by atoms with Crippen LogP contribution in [0.15, 0.2) is 36.0 Å². The van der Waals surface area contributed by atoms with Gasteiger partial charge >= 0.3 is 17.9 Å². The Kier molecular flexibility index (Phi) is 6.23. The van der Waals surface area contributed by atoms with Crippen molar-refractivity contribution in [3.8, 4) is 0 Å². The van der Waals surface area contributed by atoms with Gasteiger partial charge < -0.3 is 25.2 Å². The fourth-order valence-electron chi connectivity index (χ4n) is 2.43. The smallest absolute Gasteiger partial charge is 0.341 e. The maximum atomic E-state index is 11.5. The maximum absolute atomic E-state index is 11.5. The van der Waals surface area contributed by atoms with Crippen molar-refractivity contribution < 1.29 is 39.5 Å². The molecule has 1 aliphatic rings. The van der Waals surface area contributed by atoms with Crippen molar-refractivity contribution in [1.82, 2.24) is 0 Å². The molecule has 1 rings (SSSR count). The second-order valence-corrected chi connectivity index (χ2v) is 4.85. The molecule has 126 valence electrons. The molecule has 8 nitrogen and oxygen atoms in total. The van der Waals surface area contributed by atoms with Gasteiger partial charge in [0.15, 0.2) is 0 Å². The van der Waals surface area contributed by atoms with Crippen LogP contribution in [0.2, 0.25) is 0 Å². The number of aliphatic hydroxyl groups is 2. The summed E-state index contributed by atoms with van der Waals surface area (Å²) in [5, 5.41) is 38.0. The van der Waals surface area contributed by atoms with Crippen LogP contribution in [0.25, 0.3) is 0 Å². The summed E-state index contributed by atoms with van der Waals surface area (Å²) in [6.07, 6.45) is 3.24. The second-order valence-electron chi connectivity index (χ2n) is 4.85. The fourth-order valence-corrected chi connectivity index (χ4v) is 2.43. The van der Waals surface area contributed by atoms with Crippen LogP contribution in [-0.2, 0) is 19.1 Å². The van der Waals surface area contributed by atoms with E-state index in [1.54, 1.807) is 0 Å². The van der Waals surface area contributed by atoms with Gasteiger partial charge in [0.25, 0.3) is 0 Å². The SMILES string of the molecule is C=CC(=O)OCCC1=C(CCO)C(O)(C(=O)O)C(C(=O)O)C=C1. The van der Waals surface area contributed by atoms with E-state index < -0.39 is 36.0 Å². The molecule has 23 heavy (non-hydrogen) atoms. The van der Waals surface area contributed by atoms with Gasteiger partial charge in [-0.05, 0) is 17.6 Å². The first-order chi connectivity index (χ1) is 10.8. The van der Waals surface area contributed by atoms with Crippen molar-refractivity contribution in [1.29, 1.82) is 0 Å². The number of hydrogen-bond donors (Lipinski definition) is 4. The molecule has 0 aliphatic heterocycles. The van der Waals surface area contributed by atoms with E-state index in [1.165, 1.54) is 6.08 Å². The number of carbonyl (C=O) groups is 3. The van der Waals surface area contributed by atoms with E-state index >= 15 is 0 Å². The summed E-state index contributed by atoms with van der Waals surface area (Å²) in [6.45, 7) is 2.65. The number of carbonyl (C=O) groups excluding carboxylic acids is 1. The molecule has 0 spiro atoms. The highest BCUT2D eigenvalue weighted by Crippen LogP contribution is 2.37. The molecule has 2 unspecified atom stereocenters. The lowest BCUT2D eigenvalue weighted by molar-refractivity contribution is -0.167. The standard InChI is InChI=1S/C15H18O8/c1-2-12(17)23-8-6-9-3-4-11(13(18)19)15(22,14(20)21)10(9)5-7-16/h2-4,11,16,22H,1,5-8H2,(H,18,19)(H,20,21). The van der Waals surface area contributed by atoms with Crippen LogP contribution in [0.4, 0.5) is 0 Å². The lowest BCUT2D eigenvalue weighted by Gasteiger charge is -2.34. The zero-order valence-electron chi connectivity index (χ0n) is 12.3. The number of aliphatic carboxylic acids is 2. The predicted molar refractivity (Wildman–Crippen MR) is 77.4 cm³/mol. The molecule has 0 aromatic heterocycles. The first-order valence-corrected chi connectivity index (χ1v) is 6.78. The number of esters is 1. The fraction of sp³-hybridized carbons (Fsp3) is 0.400. The third-order valence-electron chi connectivity index (χ3n) is 3.52. The second kappa shape index (κ2) is 7.70. The van der Waals surface area contributed by atoms with Gasteiger partial charge in [0, 0.05) is 19.1 Å². The van der Waals surface area contributed by atoms with Gasteiger partial charge in [-0.2, -0.15) is 0 Å². The number of rotatable bonds is 8. The van der Waals surface area contributed by atoms with Gasteiger partial charge in [-0.3, -0.25) is 4.79 Å². The highest BCUT2D eigenvalue weighted by atomic mass is 16.5. The van der Waals surface area contributed by atoms with Crippen molar-refractivity contribution in [3.05, 3.63) is 36.0 Å². The van der Waals surface area contributed by atoms with E-state index in [-0.39, 0.29) is 25.0 Å².